The minimum atomic E-state index is -0.0785. The number of nitrogens with one attached hydrogen (secondary N) is 2. The fraction of sp³-hybridized carbons (Fsp3) is 0.154. The van der Waals surface area contributed by atoms with E-state index in [0.717, 1.165) is 17.2 Å². The molecular formula is C13H14N6. The Morgan fingerprint density at radius 3 is 2.79 bits per heavy atom. The highest BCUT2D eigenvalue weighted by Gasteiger charge is 2.20. The monoisotopic (exact) mass is 254 g/mol. The summed E-state index contributed by atoms with van der Waals surface area (Å²) in [6, 6.07) is 9.83. The summed E-state index contributed by atoms with van der Waals surface area (Å²) in [4.78, 5) is 7.40. The molecule has 96 valence electrons. The summed E-state index contributed by atoms with van der Waals surface area (Å²) < 4.78 is 1.81. The van der Waals surface area contributed by atoms with Gasteiger partial charge in [-0.25, -0.2) is 9.67 Å². The van der Waals surface area contributed by atoms with Crippen molar-refractivity contribution < 1.29 is 0 Å². The number of aromatic amines is 1. The number of imidazole rings is 1. The molecule has 0 amide bonds. The van der Waals surface area contributed by atoms with Gasteiger partial charge in [-0.1, -0.05) is 23.4 Å². The highest BCUT2D eigenvalue weighted by atomic mass is 15.4. The standard InChI is InChI=1S/C13H14N6/c1-14-12(13-15-7-8-16-13)11-9-17-18-19(11)10-5-3-2-4-6-10/h2-9,12,14H,1H3,(H,15,16). The van der Waals surface area contributed by atoms with Crippen LogP contribution in [-0.4, -0.2) is 32.0 Å². The maximum atomic E-state index is 4.29. The van der Waals surface area contributed by atoms with Crippen LogP contribution in [0.1, 0.15) is 17.6 Å². The summed E-state index contributed by atoms with van der Waals surface area (Å²) in [6.07, 6.45) is 5.28. The largest absolute Gasteiger partial charge is 0.347 e. The molecule has 0 bridgehead atoms. The number of hydrogen-bond donors (Lipinski definition) is 2. The van der Waals surface area contributed by atoms with Crippen LogP contribution in [0.15, 0.2) is 48.9 Å². The third kappa shape index (κ3) is 2.13. The first-order valence-corrected chi connectivity index (χ1v) is 6.02. The molecule has 3 aromatic rings. The molecule has 0 aliphatic rings. The van der Waals surface area contributed by atoms with Gasteiger partial charge in [-0.3, -0.25) is 0 Å². The van der Waals surface area contributed by atoms with Crippen molar-refractivity contribution in [1.82, 2.24) is 30.3 Å². The molecule has 2 N–H and O–H groups in total. The SMILES string of the molecule is CNC(c1ncc[nH]1)c1cnnn1-c1ccccc1. The van der Waals surface area contributed by atoms with Crippen LogP contribution in [-0.2, 0) is 0 Å². The van der Waals surface area contributed by atoms with E-state index in [1.165, 1.54) is 0 Å². The average Bonchev–Trinajstić information content (AvgIpc) is 3.12. The number of aromatic nitrogens is 5. The lowest BCUT2D eigenvalue weighted by Gasteiger charge is -2.14. The van der Waals surface area contributed by atoms with Crippen molar-refractivity contribution in [3.8, 4) is 5.69 Å². The van der Waals surface area contributed by atoms with Crippen LogP contribution in [0.25, 0.3) is 5.69 Å². The van der Waals surface area contributed by atoms with Gasteiger partial charge in [-0.15, -0.1) is 5.10 Å². The second-order valence-corrected chi connectivity index (χ2v) is 4.10. The second kappa shape index (κ2) is 5.03. The summed E-state index contributed by atoms with van der Waals surface area (Å²) in [7, 11) is 1.88. The van der Waals surface area contributed by atoms with Gasteiger partial charge in [-0.05, 0) is 19.2 Å². The number of benzene rings is 1. The van der Waals surface area contributed by atoms with Crippen molar-refractivity contribution >= 4 is 0 Å². The normalized spacial score (nSPS) is 12.5. The number of hydrogen-bond acceptors (Lipinski definition) is 4. The molecule has 2 aromatic heterocycles. The predicted molar refractivity (Wildman–Crippen MR) is 70.8 cm³/mol. The van der Waals surface area contributed by atoms with Crippen LogP contribution in [0, 0.1) is 0 Å². The molecule has 6 nitrogen and oxygen atoms in total. The lowest BCUT2D eigenvalue weighted by atomic mass is 10.2. The summed E-state index contributed by atoms with van der Waals surface area (Å²) in [5.41, 5.74) is 1.91. The van der Waals surface area contributed by atoms with E-state index in [1.54, 1.807) is 18.6 Å². The van der Waals surface area contributed by atoms with Crippen molar-refractivity contribution in [2.75, 3.05) is 7.05 Å². The Kier molecular flexibility index (Phi) is 3.07. The zero-order valence-electron chi connectivity index (χ0n) is 10.5. The van der Waals surface area contributed by atoms with Crippen LogP contribution >= 0.6 is 0 Å². The Morgan fingerprint density at radius 2 is 2.11 bits per heavy atom. The topological polar surface area (TPSA) is 71.4 Å². The maximum Gasteiger partial charge on any atom is 0.129 e. The molecular weight excluding hydrogens is 240 g/mol. The molecule has 0 aliphatic heterocycles. The second-order valence-electron chi connectivity index (χ2n) is 4.10. The van der Waals surface area contributed by atoms with Crippen molar-refractivity contribution in [1.29, 1.82) is 0 Å². The minimum Gasteiger partial charge on any atom is -0.347 e. The number of nitrogens with zero attached hydrogens (tertiary/aromatic N) is 4. The summed E-state index contributed by atoms with van der Waals surface area (Å²) in [6.45, 7) is 0. The lowest BCUT2D eigenvalue weighted by Crippen LogP contribution is -2.22. The van der Waals surface area contributed by atoms with Gasteiger partial charge < -0.3 is 10.3 Å². The highest BCUT2D eigenvalue weighted by molar-refractivity contribution is 5.33. The number of rotatable bonds is 4. The first-order chi connectivity index (χ1) is 9.40. The molecule has 19 heavy (non-hydrogen) atoms. The van der Waals surface area contributed by atoms with E-state index in [-0.39, 0.29) is 6.04 Å². The predicted octanol–water partition coefficient (Wildman–Crippen LogP) is 1.30. The van der Waals surface area contributed by atoms with Crippen LogP contribution in [0.2, 0.25) is 0 Å². The molecule has 1 unspecified atom stereocenters. The van der Waals surface area contributed by atoms with E-state index in [1.807, 2.05) is 42.1 Å². The smallest absolute Gasteiger partial charge is 0.129 e. The number of para-hydroxylation sites is 1. The summed E-state index contributed by atoms with van der Waals surface area (Å²) in [5, 5.41) is 11.4. The van der Waals surface area contributed by atoms with Gasteiger partial charge in [0.05, 0.1) is 17.6 Å². The van der Waals surface area contributed by atoms with Gasteiger partial charge in [0, 0.05) is 12.4 Å². The average molecular weight is 254 g/mol. The molecule has 0 aliphatic carbocycles. The number of H-pyrrole nitrogens is 1. The quantitative estimate of drug-likeness (QED) is 0.736. The molecule has 0 radical (unpaired) electrons. The summed E-state index contributed by atoms with van der Waals surface area (Å²) >= 11 is 0. The van der Waals surface area contributed by atoms with Crippen LogP contribution in [0.3, 0.4) is 0 Å². The minimum absolute atomic E-state index is 0.0785. The van der Waals surface area contributed by atoms with Crippen molar-refractivity contribution in [3.05, 3.63) is 60.4 Å². The molecule has 0 saturated heterocycles. The first-order valence-electron chi connectivity index (χ1n) is 6.02. The fourth-order valence-corrected chi connectivity index (χ4v) is 2.07. The Morgan fingerprint density at radius 1 is 1.26 bits per heavy atom. The van der Waals surface area contributed by atoms with Gasteiger partial charge in [0.25, 0.3) is 0 Å². The maximum absolute atomic E-state index is 4.29. The van der Waals surface area contributed by atoms with E-state index in [4.69, 9.17) is 0 Å². The van der Waals surface area contributed by atoms with Crippen molar-refractivity contribution in [2.45, 2.75) is 6.04 Å². The van der Waals surface area contributed by atoms with E-state index in [2.05, 4.69) is 25.6 Å². The Hall–Kier alpha value is -2.47. The van der Waals surface area contributed by atoms with Crippen molar-refractivity contribution in [2.24, 2.45) is 0 Å². The summed E-state index contributed by atoms with van der Waals surface area (Å²) in [5.74, 6) is 0.835. The molecule has 3 rings (SSSR count). The zero-order valence-corrected chi connectivity index (χ0v) is 10.5. The molecule has 6 heteroatoms. The third-order valence-electron chi connectivity index (χ3n) is 2.95. The molecule has 1 aromatic carbocycles. The zero-order chi connectivity index (χ0) is 13.1. The van der Waals surface area contributed by atoms with E-state index >= 15 is 0 Å². The Labute approximate surface area is 110 Å². The van der Waals surface area contributed by atoms with Gasteiger partial charge in [0.2, 0.25) is 0 Å². The molecule has 0 saturated carbocycles. The molecule has 0 fully saturated rings. The van der Waals surface area contributed by atoms with E-state index in [9.17, 15) is 0 Å². The van der Waals surface area contributed by atoms with Gasteiger partial charge >= 0.3 is 0 Å². The van der Waals surface area contributed by atoms with Crippen LogP contribution < -0.4 is 5.32 Å². The highest BCUT2D eigenvalue weighted by Crippen LogP contribution is 2.20. The Balaban J connectivity index is 2.04. The third-order valence-corrected chi connectivity index (χ3v) is 2.95. The fourth-order valence-electron chi connectivity index (χ4n) is 2.07. The van der Waals surface area contributed by atoms with Gasteiger partial charge in [0.15, 0.2) is 0 Å². The Bertz CT molecular complexity index is 628. The van der Waals surface area contributed by atoms with Crippen LogP contribution in [0.4, 0.5) is 0 Å². The molecule has 1 atom stereocenters. The van der Waals surface area contributed by atoms with E-state index in [0.29, 0.717) is 0 Å². The molecule has 2 heterocycles. The van der Waals surface area contributed by atoms with E-state index < -0.39 is 0 Å². The molecule has 0 spiro atoms. The van der Waals surface area contributed by atoms with Crippen molar-refractivity contribution in [3.63, 3.8) is 0 Å². The van der Waals surface area contributed by atoms with Gasteiger partial charge in [-0.2, -0.15) is 0 Å². The first kappa shape index (κ1) is 11.6. The lowest BCUT2D eigenvalue weighted by molar-refractivity contribution is 0.607. The van der Waals surface area contributed by atoms with Gasteiger partial charge in [0.1, 0.15) is 11.9 Å². The van der Waals surface area contributed by atoms with Crippen LogP contribution in [0.5, 0.6) is 0 Å².